The highest BCUT2D eigenvalue weighted by Gasteiger charge is 2.24. The van der Waals surface area contributed by atoms with Gasteiger partial charge in [-0.3, -0.25) is 0 Å². The maximum Gasteiger partial charge on any atom is -0.00962 e. The first-order chi connectivity index (χ1) is 5.77. The number of hydrogen-bond acceptors (Lipinski definition) is 0. The summed E-state index contributed by atoms with van der Waals surface area (Å²) >= 11 is 0. The molecule has 0 heterocycles. The van der Waals surface area contributed by atoms with Crippen LogP contribution in [0.4, 0.5) is 0 Å². The Bertz CT molecular complexity index is 255. The molecule has 64 valence electrons. The van der Waals surface area contributed by atoms with E-state index in [2.05, 4.69) is 44.2 Å². The average Bonchev–Trinajstić information content (AvgIpc) is 2.07. The van der Waals surface area contributed by atoms with E-state index in [1.807, 2.05) is 0 Å². The Morgan fingerprint density at radius 1 is 1.25 bits per heavy atom. The Kier molecular flexibility index (Phi) is 1.92. The quantitative estimate of drug-likeness (QED) is 0.510. The fourth-order valence-corrected chi connectivity index (χ4v) is 2.19. The number of rotatable bonds is 0. The van der Waals surface area contributed by atoms with E-state index < -0.39 is 0 Å². The molecule has 2 rings (SSSR count). The summed E-state index contributed by atoms with van der Waals surface area (Å²) in [5.41, 5.74) is 1.53. The lowest BCUT2D eigenvalue weighted by Gasteiger charge is -2.30. The molecule has 0 aromatic carbocycles. The van der Waals surface area contributed by atoms with Crippen molar-refractivity contribution < 1.29 is 0 Å². The van der Waals surface area contributed by atoms with Gasteiger partial charge in [0.05, 0.1) is 0 Å². The third-order valence-corrected chi connectivity index (χ3v) is 3.01. The van der Waals surface area contributed by atoms with Crippen LogP contribution >= 0.6 is 0 Å². The van der Waals surface area contributed by atoms with Crippen molar-refractivity contribution in [1.82, 2.24) is 0 Å². The molecule has 0 aromatic heterocycles. The minimum Gasteiger partial charge on any atom is -0.0814 e. The van der Waals surface area contributed by atoms with E-state index in [1.165, 1.54) is 12.0 Å². The van der Waals surface area contributed by atoms with Crippen molar-refractivity contribution >= 4 is 0 Å². The standard InChI is InChI=1S/C12H16/c1-9-6-7-11-5-3-4-10(2)12(11)8-9/h3-7,9-10,12H,8H2,1-2H3. The minimum absolute atomic E-state index is 0.734. The van der Waals surface area contributed by atoms with Crippen LogP contribution in [0, 0.1) is 17.8 Å². The van der Waals surface area contributed by atoms with Crippen molar-refractivity contribution in [3.8, 4) is 0 Å². The first-order valence-corrected chi connectivity index (χ1v) is 4.84. The summed E-state index contributed by atoms with van der Waals surface area (Å²) in [4.78, 5) is 0. The zero-order valence-corrected chi connectivity index (χ0v) is 7.83. The fourth-order valence-electron chi connectivity index (χ4n) is 2.19. The second-order valence-corrected chi connectivity index (χ2v) is 4.09. The van der Waals surface area contributed by atoms with Gasteiger partial charge in [-0.05, 0) is 29.7 Å². The van der Waals surface area contributed by atoms with Crippen molar-refractivity contribution in [2.24, 2.45) is 17.8 Å². The molecule has 0 aliphatic heterocycles. The number of hydrogen-bond donors (Lipinski definition) is 0. The second-order valence-electron chi connectivity index (χ2n) is 4.09. The molecule has 0 saturated heterocycles. The van der Waals surface area contributed by atoms with Crippen LogP contribution in [0.2, 0.25) is 0 Å². The Morgan fingerprint density at radius 3 is 2.92 bits per heavy atom. The van der Waals surface area contributed by atoms with Gasteiger partial charge in [0, 0.05) is 0 Å². The number of allylic oxidation sites excluding steroid dienone is 6. The summed E-state index contributed by atoms with van der Waals surface area (Å²) in [5.74, 6) is 2.29. The van der Waals surface area contributed by atoms with Crippen LogP contribution < -0.4 is 0 Å². The van der Waals surface area contributed by atoms with Gasteiger partial charge in [-0.25, -0.2) is 0 Å². The molecule has 0 fully saturated rings. The molecule has 2 aliphatic carbocycles. The van der Waals surface area contributed by atoms with E-state index in [1.54, 1.807) is 0 Å². The molecule has 0 amide bonds. The Labute approximate surface area is 74.7 Å². The van der Waals surface area contributed by atoms with Crippen molar-refractivity contribution in [1.29, 1.82) is 0 Å². The molecule has 0 bridgehead atoms. The predicted molar refractivity (Wildman–Crippen MR) is 52.8 cm³/mol. The summed E-state index contributed by atoms with van der Waals surface area (Å²) in [6.07, 6.45) is 12.7. The molecular formula is C12H16. The fraction of sp³-hybridized carbons (Fsp3) is 0.500. The van der Waals surface area contributed by atoms with E-state index in [4.69, 9.17) is 0 Å². The molecule has 12 heavy (non-hydrogen) atoms. The highest BCUT2D eigenvalue weighted by molar-refractivity contribution is 5.33. The van der Waals surface area contributed by atoms with Gasteiger partial charge in [-0.2, -0.15) is 0 Å². The van der Waals surface area contributed by atoms with E-state index in [9.17, 15) is 0 Å². The third-order valence-electron chi connectivity index (χ3n) is 3.01. The van der Waals surface area contributed by atoms with E-state index in [-0.39, 0.29) is 0 Å². The molecule has 0 heteroatoms. The highest BCUT2D eigenvalue weighted by atomic mass is 14.3. The minimum atomic E-state index is 0.734. The average molecular weight is 160 g/mol. The van der Waals surface area contributed by atoms with Crippen molar-refractivity contribution in [3.63, 3.8) is 0 Å². The van der Waals surface area contributed by atoms with Crippen molar-refractivity contribution in [3.05, 3.63) is 36.0 Å². The maximum absolute atomic E-state index is 2.33. The van der Waals surface area contributed by atoms with Crippen LogP contribution in [-0.2, 0) is 0 Å². The Morgan fingerprint density at radius 2 is 2.08 bits per heavy atom. The van der Waals surface area contributed by atoms with Crippen LogP contribution in [0.3, 0.4) is 0 Å². The first kappa shape index (κ1) is 7.85. The van der Waals surface area contributed by atoms with Gasteiger partial charge in [-0.15, -0.1) is 0 Å². The summed E-state index contributed by atoms with van der Waals surface area (Å²) in [7, 11) is 0. The van der Waals surface area contributed by atoms with Gasteiger partial charge in [0.1, 0.15) is 0 Å². The highest BCUT2D eigenvalue weighted by Crippen LogP contribution is 2.36. The molecule has 0 N–H and O–H groups in total. The molecule has 0 nitrogen and oxygen atoms in total. The van der Waals surface area contributed by atoms with Gasteiger partial charge in [-0.1, -0.05) is 44.2 Å². The summed E-state index contributed by atoms with van der Waals surface area (Å²) < 4.78 is 0. The smallest absolute Gasteiger partial charge is 0.00962 e. The van der Waals surface area contributed by atoms with Crippen LogP contribution in [0.15, 0.2) is 36.0 Å². The van der Waals surface area contributed by atoms with E-state index in [0.717, 1.165) is 17.8 Å². The normalized spacial score (nSPS) is 39.2. The summed E-state index contributed by atoms with van der Waals surface area (Å²) in [6.45, 7) is 4.62. The monoisotopic (exact) mass is 160 g/mol. The van der Waals surface area contributed by atoms with Gasteiger partial charge in [0.25, 0.3) is 0 Å². The van der Waals surface area contributed by atoms with Crippen molar-refractivity contribution in [2.75, 3.05) is 0 Å². The van der Waals surface area contributed by atoms with Gasteiger partial charge < -0.3 is 0 Å². The number of fused-ring (bicyclic) bond motifs is 1. The van der Waals surface area contributed by atoms with Crippen LogP contribution in [0.5, 0.6) is 0 Å². The molecule has 3 unspecified atom stereocenters. The Balaban J connectivity index is 2.28. The molecule has 0 aromatic rings. The molecule has 0 radical (unpaired) electrons. The zero-order chi connectivity index (χ0) is 8.55. The van der Waals surface area contributed by atoms with Gasteiger partial charge in [0.2, 0.25) is 0 Å². The van der Waals surface area contributed by atoms with E-state index >= 15 is 0 Å². The maximum atomic E-state index is 2.33. The second kappa shape index (κ2) is 2.93. The lowest BCUT2D eigenvalue weighted by Crippen LogP contribution is -2.19. The molecular weight excluding hydrogens is 144 g/mol. The van der Waals surface area contributed by atoms with E-state index in [0.29, 0.717) is 0 Å². The largest absolute Gasteiger partial charge is 0.0814 e. The molecule has 0 saturated carbocycles. The molecule has 0 spiro atoms. The third kappa shape index (κ3) is 1.26. The van der Waals surface area contributed by atoms with Crippen LogP contribution in [0.1, 0.15) is 20.3 Å². The first-order valence-electron chi connectivity index (χ1n) is 4.84. The predicted octanol–water partition coefficient (Wildman–Crippen LogP) is 3.33. The SMILES string of the molecule is CC1C=CC2=CC=CC(C)C2C1. The Hall–Kier alpha value is -0.780. The molecule has 2 aliphatic rings. The van der Waals surface area contributed by atoms with Crippen LogP contribution in [-0.4, -0.2) is 0 Å². The van der Waals surface area contributed by atoms with Crippen molar-refractivity contribution in [2.45, 2.75) is 20.3 Å². The van der Waals surface area contributed by atoms with Crippen LogP contribution in [0.25, 0.3) is 0 Å². The lowest BCUT2D eigenvalue weighted by atomic mass is 9.74. The summed E-state index contributed by atoms with van der Waals surface area (Å²) in [5, 5.41) is 0. The van der Waals surface area contributed by atoms with Gasteiger partial charge in [0.15, 0.2) is 0 Å². The topological polar surface area (TPSA) is 0 Å². The molecule has 3 atom stereocenters. The zero-order valence-electron chi connectivity index (χ0n) is 7.83. The lowest BCUT2D eigenvalue weighted by molar-refractivity contribution is 0.399. The van der Waals surface area contributed by atoms with Gasteiger partial charge >= 0.3 is 0 Å². The summed E-state index contributed by atoms with van der Waals surface area (Å²) in [6, 6.07) is 0.